The van der Waals surface area contributed by atoms with Crippen molar-refractivity contribution in [3.8, 4) is 11.3 Å². The van der Waals surface area contributed by atoms with Gasteiger partial charge in [-0.2, -0.15) is 13.2 Å². The molecule has 0 spiro atoms. The highest BCUT2D eigenvalue weighted by Crippen LogP contribution is 2.32. The van der Waals surface area contributed by atoms with Crippen molar-refractivity contribution in [2.24, 2.45) is 5.84 Å². The number of hydrogen-bond acceptors (Lipinski definition) is 5. The summed E-state index contributed by atoms with van der Waals surface area (Å²) in [7, 11) is 0. The molecular formula is C16H18F3N3O2S. The third-order valence-corrected chi connectivity index (χ3v) is 3.80. The molecule has 1 heterocycles. The first-order valence-corrected chi connectivity index (χ1v) is 8.21. The predicted molar refractivity (Wildman–Crippen MR) is 88.5 cm³/mol. The quantitative estimate of drug-likeness (QED) is 0.491. The van der Waals surface area contributed by atoms with E-state index in [4.69, 9.17) is 10.6 Å². The Bertz CT molecular complexity index is 754. The first-order chi connectivity index (χ1) is 11.5. The Morgan fingerprint density at radius 3 is 2.60 bits per heavy atom. The molecule has 0 aliphatic carbocycles. The molecule has 9 heteroatoms. The number of nitrogens with zero attached hydrogens (tertiary/aromatic N) is 2. The standard InChI is InChI=1S/C16H18F3N3O2S/c1-15(2,3)24-14(23)22(20)8-13-21-12(9-25-13)10-5-4-6-11(7-10)16(17,18)19/h4-7,9H,8,20H2,1-3H3. The highest BCUT2D eigenvalue weighted by Gasteiger charge is 2.30. The Balaban J connectivity index is 2.11. The summed E-state index contributed by atoms with van der Waals surface area (Å²) in [5, 5.41) is 2.98. The van der Waals surface area contributed by atoms with Crippen molar-refractivity contribution in [2.45, 2.75) is 39.1 Å². The van der Waals surface area contributed by atoms with E-state index in [1.54, 1.807) is 32.2 Å². The van der Waals surface area contributed by atoms with Crippen LogP contribution in [0.3, 0.4) is 0 Å². The molecule has 0 unspecified atom stereocenters. The molecule has 1 aromatic carbocycles. The van der Waals surface area contributed by atoms with Crippen molar-refractivity contribution in [1.29, 1.82) is 0 Å². The van der Waals surface area contributed by atoms with Crippen molar-refractivity contribution in [2.75, 3.05) is 0 Å². The van der Waals surface area contributed by atoms with Gasteiger partial charge in [-0.25, -0.2) is 20.6 Å². The van der Waals surface area contributed by atoms with E-state index in [0.29, 0.717) is 16.3 Å². The van der Waals surface area contributed by atoms with E-state index in [0.717, 1.165) is 17.1 Å². The van der Waals surface area contributed by atoms with Crippen LogP contribution in [0.5, 0.6) is 0 Å². The highest BCUT2D eigenvalue weighted by atomic mass is 32.1. The van der Waals surface area contributed by atoms with Gasteiger partial charge in [0.05, 0.1) is 17.8 Å². The molecule has 2 rings (SSSR count). The maximum absolute atomic E-state index is 12.8. The summed E-state index contributed by atoms with van der Waals surface area (Å²) in [6.45, 7) is 5.15. The number of rotatable bonds is 3. The molecule has 0 saturated carbocycles. The molecule has 25 heavy (non-hydrogen) atoms. The largest absolute Gasteiger partial charge is 0.443 e. The molecule has 0 aliphatic rings. The zero-order chi connectivity index (χ0) is 18.8. The van der Waals surface area contributed by atoms with Crippen LogP contribution >= 0.6 is 11.3 Å². The van der Waals surface area contributed by atoms with Gasteiger partial charge in [-0.05, 0) is 32.9 Å². The van der Waals surface area contributed by atoms with Crippen LogP contribution in [-0.4, -0.2) is 21.7 Å². The summed E-state index contributed by atoms with van der Waals surface area (Å²) < 4.78 is 43.5. The van der Waals surface area contributed by atoms with Crippen LogP contribution in [0, 0.1) is 0 Å². The molecule has 1 aromatic heterocycles. The van der Waals surface area contributed by atoms with E-state index < -0.39 is 23.4 Å². The number of halogens is 3. The maximum atomic E-state index is 12.8. The molecule has 0 bridgehead atoms. The minimum Gasteiger partial charge on any atom is -0.443 e. The number of ether oxygens (including phenoxy) is 1. The number of carbonyl (C=O) groups is 1. The molecule has 0 fully saturated rings. The summed E-state index contributed by atoms with van der Waals surface area (Å²) in [6, 6.07) is 4.91. The molecule has 0 atom stereocenters. The molecule has 1 amide bonds. The maximum Gasteiger partial charge on any atom is 0.424 e. The zero-order valence-electron chi connectivity index (χ0n) is 13.9. The van der Waals surface area contributed by atoms with Gasteiger partial charge in [0.1, 0.15) is 10.6 Å². The Kier molecular flexibility index (Phi) is 5.38. The van der Waals surface area contributed by atoms with Gasteiger partial charge >= 0.3 is 12.3 Å². The third kappa shape index (κ3) is 5.43. The summed E-state index contributed by atoms with van der Waals surface area (Å²) in [5.41, 5.74) is -0.684. The van der Waals surface area contributed by atoms with Crippen LogP contribution < -0.4 is 5.84 Å². The van der Waals surface area contributed by atoms with E-state index in [-0.39, 0.29) is 6.54 Å². The number of alkyl halides is 3. The fraction of sp³-hybridized carbons (Fsp3) is 0.375. The van der Waals surface area contributed by atoms with Crippen LogP contribution in [0.2, 0.25) is 0 Å². The Morgan fingerprint density at radius 1 is 1.32 bits per heavy atom. The number of hydrogen-bond donors (Lipinski definition) is 1. The van der Waals surface area contributed by atoms with Crippen molar-refractivity contribution in [1.82, 2.24) is 9.99 Å². The molecular weight excluding hydrogens is 355 g/mol. The molecule has 0 radical (unpaired) electrons. The molecule has 5 nitrogen and oxygen atoms in total. The monoisotopic (exact) mass is 373 g/mol. The Hall–Kier alpha value is -2.13. The van der Waals surface area contributed by atoms with E-state index in [2.05, 4.69) is 4.98 Å². The van der Waals surface area contributed by atoms with Gasteiger partial charge in [0.2, 0.25) is 0 Å². The van der Waals surface area contributed by atoms with Crippen molar-refractivity contribution >= 4 is 17.4 Å². The lowest BCUT2D eigenvalue weighted by atomic mass is 10.1. The lowest BCUT2D eigenvalue weighted by Gasteiger charge is -2.23. The van der Waals surface area contributed by atoms with Crippen LogP contribution in [0.15, 0.2) is 29.6 Å². The second-order valence-electron chi connectivity index (χ2n) is 6.31. The lowest BCUT2D eigenvalue weighted by molar-refractivity contribution is -0.137. The van der Waals surface area contributed by atoms with Gasteiger partial charge in [0.25, 0.3) is 0 Å². The van der Waals surface area contributed by atoms with Gasteiger partial charge < -0.3 is 4.74 Å². The minimum atomic E-state index is -4.42. The number of thiazole rings is 1. The Morgan fingerprint density at radius 2 is 2.00 bits per heavy atom. The topological polar surface area (TPSA) is 68.5 Å². The molecule has 0 saturated heterocycles. The van der Waals surface area contributed by atoms with Crippen molar-refractivity contribution in [3.63, 3.8) is 0 Å². The van der Waals surface area contributed by atoms with Crippen molar-refractivity contribution in [3.05, 3.63) is 40.2 Å². The summed E-state index contributed by atoms with van der Waals surface area (Å²) in [6.07, 6.45) is -5.12. The second-order valence-corrected chi connectivity index (χ2v) is 7.26. The molecule has 2 N–H and O–H groups in total. The first-order valence-electron chi connectivity index (χ1n) is 7.33. The number of nitrogens with two attached hydrogens (primary N) is 1. The van der Waals surface area contributed by atoms with Gasteiger partial charge in [-0.15, -0.1) is 11.3 Å². The van der Waals surface area contributed by atoms with E-state index >= 15 is 0 Å². The van der Waals surface area contributed by atoms with Crippen LogP contribution in [-0.2, 0) is 17.5 Å². The van der Waals surface area contributed by atoms with Gasteiger partial charge in [-0.3, -0.25) is 0 Å². The SMILES string of the molecule is CC(C)(C)OC(=O)N(N)Cc1nc(-c2cccc(C(F)(F)F)c2)cs1. The Labute approximate surface area is 147 Å². The van der Waals surface area contributed by atoms with Crippen molar-refractivity contribution < 1.29 is 22.7 Å². The normalized spacial score (nSPS) is 12.1. The van der Waals surface area contributed by atoms with Crippen LogP contribution in [0.1, 0.15) is 31.3 Å². The highest BCUT2D eigenvalue weighted by molar-refractivity contribution is 7.09. The van der Waals surface area contributed by atoms with Gasteiger partial charge in [-0.1, -0.05) is 12.1 Å². The lowest BCUT2D eigenvalue weighted by Crippen LogP contribution is -2.40. The van der Waals surface area contributed by atoms with Crippen LogP contribution in [0.4, 0.5) is 18.0 Å². The summed E-state index contributed by atoms with van der Waals surface area (Å²) >= 11 is 1.20. The molecule has 0 aliphatic heterocycles. The second kappa shape index (κ2) is 7.01. The van der Waals surface area contributed by atoms with Crippen LogP contribution in [0.25, 0.3) is 11.3 Å². The third-order valence-electron chi connectivity index (χ3n) is 2.97. The van der Waals surface area contributed by atoms with Gasteiger partial charge in [0, 0.05) is 10.9 Å². The van der Waals surface area contributed by atoms with E-state index in [1.807, 2.05) is 0 Å². The summed E-state index contributed by atoms with van der Waals surface area (Å²) in [4.78, 5) is 16.1. The first kappa shape index (κ1) is 19.2. The fourth-order valence-electron chi connectivity index (χ4n) is 1.90. The number of amides is 1. The van der Waals surface area contributed by atoms with E-state index in [9.17, 15) is 18.0 Å². The average molecular weight is 373 g/mol. The molecule has 2 aromatic rings. The number of aromatic nitrogens is 1. The predicted octanol–water partition coefficient (Wildman–Crippen LogP) is 4.44. The fourth-order valence-corrected chi connectivity index (χ4v) is 2.70. The smallest absolute Gasteiger partial charge is 0.424 e. The average Bonchev–Trinajstić information content (AvgIpc) is 2.93. The molecule has 136 valence electrons. The van der Waals surface area contributed by atoms with E-state index in [1.165, 1.54) is 17.4 Å². The number of carbonyl (C=O) groups excluding carboxylic acids is 1. The number of hydrazine groups is 1. The zero-order valence-corrected chi connectivity index (χ0v) is 14.7. The number of benzene rings is 1. The van der Waals surface area contributed by atoms with Gasteiger partial charge in [0.15, 0.2) is 0 Å². The summed E-state index contributed by atoms with van der Waals surface area (Å²) in [5.74, 6) is 5.66. The minimum absolute atomic E-state index is 0.00145.